The van der Waals surface area contributed by atoms with Crippen LogP contribution < -0.4 is 10.6 Å². The summed E-state index contributed by atoms with van der Waals surface area (Å²) in [4.78, 5) is 13.7. The molecule has 136 valence electrons. The minimum Gasteiger partial charge on any atom is -0.444 e. The molecule has 23 heavy (non-hydrogen) atoms. The minimum atomic E-state index is -3.01. The van der Waals surface area contributed by atoms with Crippen molar-refractivity contribution in [2.45, 2.75) is 58.1 Å². The quantitative estimate of drug-likeness (QED) is 0.783. The summed E-state index contributed by atoms with van der Waals surface area (Å²) >= 11 is 0. The van der Waals surface area contributed by atoms with E-state index in [2.05, 4.69) is 22.6 Å². The van der Waals surface area contributed by atoms with Crippen LogP contribution in [0.1, 0.15) is 40.5 Å². The maximum absolute atomic E-state index is 13.9. The van der Waals surface area contributed by atoms with Crippen LogP contribution in [0.5, 0.6) is 0 Å². The Hall–Kier alpha value is -0.950. The van der Waals surface area contributed by atoms with Crippen LogP contribution in [0, 0.1) is 5.92 Å². The van der Waals surface area contributed by atoms with Crippen molar-refractivity contribution in [3.8, 4) is 0 Å². The summed E-state index contributed by atoms with van der Waals surface area (Å²) in [6.07, 6.45) is 1.34. The fourth-order valence-electron chi connectivity index (χ4n) is 2.67. The lowest BCUT2D eigenvalue weighted by atomic mass is 9.92. The third-order valence-corrected chi connectivity index (χ3v) is 3.94. The average molecular weight is 335 g/mol. The zero-order valence-electron chi connectivity index (χ0n) is 14.9. The Balaban J connectivity index is 2.32. The third kappa shape index (κ3) is 8.46. The molecule has 2 unspecified atom stereocenters. The van der Waals surface area contributed by atoms with E-state index in [1.54, 1.807) is 20.8 Å². The Morgan fingerprint density at radius 3 is 2.57 bits per heavy atom. The highest BCUT2D eigenvalue weighted by Crippen LogP contribution is 2.19. The standard InChI is InChI=1S/C16H31F2N3O2/c1-12(13-7-6-8-21(5)9-13)19-10-16(17,18)11-20-14(22)23-15(2,3)4/h12-13,19H,6-11H2,1-5H3,(H,20,22). The molecule has 5 nitrogen and oxygen atoms in total. The van der Waals surface area contributed by atoms with Gasteiger partial charge in [0.1, 0.15) is 5.60 Å². The average Bonchev–Trinajstić information content (AvgIpc) is 2.41. The summed E-state index contributed by atoms with van der Waals surface area (Å²) in [6.45, 7) is 7.83. The van der Waals surface area contributed by atoms with Crippen LogP contribution in [-0.4, -0.2) is 61.8 Å². The number of carbonyl (C=O) groups excluding carboxylic acids is 1. The first-order chi connectivity index (χ1) is 10.5. The van der Waals surface area contributed by atoms with Gasteiger partial charge in [-0.15, -0.1) is 0 Å². The van der Waals surface area contributed by atoms with Gasteiger partial charge in [0.25, 0.3) is 5.92 Å². The fourth-order valence-corrected chi connectivity index (χ4v) is 2.67. The Morgan fingerprint density at radius 1 is 1.35 bits per heavy atom. The number of nitrogens with one attached hydrogen (secondary N) is 2. The second-order valence-electron chi connectivity index (χ2n) is 7.55. The van der Waals surface area contributed by atoms with Crippen molar-refractivity contribution in [2.75, 3.05) is 33.2 Å². The molecule has 1 aliphatic heterocycles. The van der Waals surface area contributed by atoms with E-state index in [-0.39, 0.29) is 6.04 Å². The van der Waals surface area contributed by atoms with Gasteiger partial charge in [-0.3, -0.25) is 0 Å². The van der Waals surface area contributed by atoms with Crippen LogP contribution in [0.4, 0.5) is 13.6 Å². The van der Waals surface area contributed by atoms with E-state index >= 15 is 0 Å². The lowest BCUT2D eigenvalue weighted by Gasteiger charge is -2.34. The Labute approximate surface area is 138 Å². The molecule has 1 amide bonds. The molecule has 2 atom stereocenters. The number of halogens is 2. The molecule has 0 bridgehead atoms. The van der Waals surface area contributed by atoms with Gasteiger partial charge in [-0.05, 0) is 60.0 Å². The number of hydrogen-bond donors (Lipinski definition) is 2. The van der Waals surface area contributed by atoms with Gasteiger partial charge in [0.2, 0.25) is 0 Å². The van der Waals surface area contributed by atoms with E-state index in [4.69, 9.17) is 4.74 Å². The molecule has 1 fully saturated rings. The molecule has 0 radical (unpaired) electrons. The number of nitrogens with zero attached hydrogens (tertiary/aromatic N) is 1. The van der Waals surface area contributed by atoms with Crippen molar-refractivity contribution in [1.29, 1.82) is 0 Å². The molecule has 1 rings (SSSR count). The highest BCUT2D eigenvalue weighted by molar-refractivity contribution is 5.67. The first-order valence-electron chi connectivity index (χ1n) is 8.25. The predicted octanol–water partition coefficient (Wildman–Crippen LogP) is 2.47. The summed E-state index contributed by atoms with van der Waals surface area (Å²) in [5.41, 5.74) is -0.695. The normalized spacial score (nSPS) is 21.8. The van der Waals surface area contributed by atoms with Crippen molar-refractivity contribution in [3.63, 3.8) is 0 Å². The van der Waals surface area contributed by atoms with Gasteiger partial charge in [0, 0.05) is 12.6 Å². The monoisotopic (exact) mass is 335 g/mol. The van der Waals surface area contributed by atoms with Gasteiger partial charge in [0.15, 0.2) is 0 Å². The molecule has 0 aromatic heterocycles. The molecule has 1 aliphatic rings. The maximum Gasteiger partial charge on any atom is 0.407 e. The topological polar surface area (TPSA) is 53.6 Å². The van der Waals surface area contributed by atoms with Gasteiger partial charge in [-0.1, -0.05) is 0 Å². The van der Waals surface area contributed by atoms with Gasteiger partial charge in [-0.2, -0.15) is 0 Å². The van der Waals surface area contributed by atoms with E-state index in [0.29, 0.717) is 5.92 Å². The molecule has 2 N–H and O–H groups in total. The smallest absolute Gasteiger partial charge is 0.407 e. The molecule has 0 spiro atoms. The van der Waals surface area contributed by atoms with Crippen molar-refractivity contribution in [2.24, 2.45) is 5.92 Å². The molecule has 0 aromatic carbocycles. The minimum absolute atomic E-state index is 0.0187. The van der Waals surface area contributed by atoms with E-state index in [0.717, 1.165) is 25.9 Å². The highest BCUT2D eigenvalue weighted by Gasteiger charge is 2.32. The number of piperidine rings is 1. The molecule has 1 saturated heterocycles. The number of amides is 1. The summed E-state index contributed by atoms with van der Waals surface area (Å²) < 4.78 is 32.7. The van der Waals surface area contributed by atoms with Gasteiger partial charge < -0.3 is 20.3 Å². The summed E-state index contributed by atoms with van der Waals surface area (Å²) in [6, 6.07) is 0.0187. The number of likely N-dealkylation sites (tertiary alicyclic amines) is 1. The Kier molecular flexibility index (Phi) is 7.20. The van der Waals surface area contributed by atoms with Crippen molar-refractivity contribution < 1.29 is 18.3 Å². The predicted molar refractivity (Wildman–Crippen MR) is 86.9 cm³/mol. The first kappa shape index (κ1) is 20.1. The second kappa shape index (κ2) is 8.24. The zero-order valence-corrected chi connectivity index (χ0v) is 14.9. The lowest BCUT2D eigenvalue weighted by molar-refractivity contribution is -0.00750. The SMILES string of the molecule is CC(NCC(F)(F)CNC(=O)OC(C)(C)C)C1CCCN(C)C1. The molecular weight excluding hydrogens is 304 g/mol. The molecule has 0 aromatic rings. The number of ether oxygens (including phenoxy) is 1. The summed E-state index contributed by atoms with van der Waals surface area (Å²) in [7, 11) is 2.05. The second-order valence-corrected chi connectivity index (χ2v) is 7.55. The van der Waals surface area contributed by atoms with E-state index in [1.165, 1.54) is 0 Å². The Bertz CT molecular complexity index is 386. The first-order valence-corrected chi connectivity index (χ1v) is 8.25. The molecule has 1 heterocycles. The van der Waals surface area contributed by atoms with Crippen LogP contribution in [0.15, 0.2) is 0 Å². The van der Waals surface area contributed by atoms with Crippen molar-refractivity contribution in [3.05, 3.63) is 0 Å². The summed E-state index contributed by atoms with van der Waals surface area (Å²) in [5, 5.41) is 5.05. The van der Waals surface area contributed by atoms with Gasteiger partial charge >= 0.3 is 6.09 Å². The third-order valence-electron chi connectivity index (χ3n) is 3.94. The summed E-state index contributed by atoms with van der Waals surface area (Å²) in [5.74, 6) is -2.63. The van der Waals surface area contributed by atoms with E-state index in [1.807, 2.05) is 6.92 Å². The largest absolute Gasteiger partial charge is 0.444 e. The van der Waals surface area contributed by atoms with Crippen molar-refractivity contribution in [1.82, 2.24) is 15.5 Å². The van der Waals surface area contributed by atoms with Gasteiger partial charge in [0.05, 0.1) is 13.1 Å². The highest BCUT2D eigenvalue weighted by atomic mass is 19.3. The maximum atomic E-state index is 13.9. The fraction of sp³-hybridized carbons (Fsp3) is 0.938. The number of alkyl halides is 2. The number of alkyl carbamates (subject to hydrolysis) is 1. The van der Waals surface area contributed by atoms with Crippen LogP contribution in [-0.2, 0) is 4.74 Å². The number of hydrogen-bond acceptors (Lipinski definition) is 4. The van der Waals surface area contributed by atoms with Crippen LogP contribution in [0.25, 0.3) is 0 Å². The molecule has 7 heteroatoms. The molecular formula is C16H31F2N3O2. The zero-order chi connectivity index (χ0) is 17.7. The van der Waals surface area contributed by atoms with Crippen molar-refractivity contribution >= 4 is 6.09 Å². The van der Waals surface area contributed by atoms with Crippen LogP contribution in [0.3, 0.4) is 0 Å². The number of rotatable bonds is 6. The van der Waals surface area contributed by atoms with E-state index in [9.17, 15) is 13.6 Å². The molecule has 0 aliphatic carbocycles. The van der Waals surface area contributed by atoms with Crippen LogP contribution >= 0.6 is 0 Å². The van der Waals surface area contributed by atoms with Gasteiger partial charge in [-0.25, -0.2) is 13.6 Å². The molecule has 0 saturated carbocycles. The van der Waals surface area contributed by atoms with E-state index < -0.39 is 30.7 Å². The lowest BCUT2D eigenvalue weighted by Crippen LogP contribution is -2.49. The van der Waals surface area contributed by atoms with Crippen LogP contribution in [0.2, 0.25) is 0 Å². The Morgan fingerprint density at radius 2 is 2.00 bits per heavy atom. The number of carbonyl (C=O) groups is 1.